The molecule has 0 fully saturated rings. The lowest BCUT2D eigenvalue weighted by Crippen LogP contribution is -2.48. The van der Waals surface area contributed by atoms with Gasteiger partial charge in [0.1, 0.15) is 17.5 Å². The topological polar surface area (TPSA) is 106 Å². The van der Waals surface area contributed by atoms with Crippen LogP contribution >= 0.6 is 11.6 Å². The molecule has 3 rings (SSSR count). The van der Waals surface area contributed by atoms with Gasteiger partial charge in [0.25, 0.3) is 0 Å². The standard InChI is InChI=1S/C21H22ClN5O2/c1-13-4-3-5-18(27(24)21(28)26-23)17(13)12-29-19-7-6-15(10-14(19)2)16-8-9-25-20(22)11-16/h3-11H,12,23-24H2,1-2H3,(H,26,28). The third-order valence-electron chi connectivity index (χ3n) is 4.59. The Hall–Kier alpha value is -3.13. The van der Waals surface area contributed by atoms with Gasteiger partial charge in [-0.1, -0.05) is 29.8 Å². The van der Waals surface area contributed by atoms with E-state index < -0.39 is 6.03 Å². The zero-order valence-electron chi connectivity index (χ0n) is 16.1. The smallest absolute Gasteiger partial charge is 0.350 e. The summed E-state index contributed by atoms with van der Waals surface area (Å²) in [5, 5.41) is 1.41. The molecule has 7 nitrogen and oxygen atoms in total. The number of aromatic nitrogens is 1. The van der Waals surface area contributed by atoms with Crippen molar-refractivity contribution < 1.29 is 9.53 Å². The largest absolute Gasteiger partial charge is 0.489 e. The molecule has 0 saturated carbocycles. The van der Waals surface area contributed by atoms with Crippen LogP contribution in [0.4, 0.5) is 10.5 Å². The summed E-state index contributed by atoms with van der Waals surface area (Å²) in [6.07, 6.45) is 1.67. The molecule has 1 aromatic heterocycles. The molecule has 0 saturated heterocycles. The average molecular weight is 412 g/mol. The van der Waals surface area contributed by atoms with Gasteiger partial charge in [-0.2, -0.15) is 0 Å². The predicted molar refractivity (Wildman–Crippen MR) is 114 cm³/mol. The second-order valence-electron chi connectivity index (χ2n) is 6.53. The van der Waals surface area contributed by atoms with Crippen LogP contribution in [0, 0.1) is 13.8 Å². The lowest BCUT2D eigenvalue weighted by Gasteiger charge is -2.21. The first-order valence-corrected chi connectivity index (χ1v) is 9.27. The molecule has 0 aliphatic rings. The Balaban J connectivity index is 1.83. The Bertz CT molecular complexity index is 1040. The molecule has 2 aromatic carbocycles. The minimum absolute atomic E-state index is 0.245. The second-order valence-corrected chi connectivity index (χ2v) is 6.92. The molecular weight excluding hydrogens is 390 g/mol. The summed E-state index contributed by atoms with van der Waals surface area (Å²) in [4.78, 5) is 15.8. The number of aryl methyl sites for hydroxylation is 2. The summed E-state index contributed by atoms with van der Waals surface area (Å²) < 4.78 is 6.04. The van der Waals surface area contributed by atoms with Crippen molar-refractivity contribution in [1.29, 1.82) is 0 Å². The number of pyridine rings is 1. The average Bonchev–Trinajstić information content (AvgIpc) is 2.72. The summed E-state index contributed by atoms with van der Waals surface area (Å²) in [6, 6.07) is 14.5. The van der Waals surface area contributed by atoms with Crippen LogP contribution in [0.5, 0.6) is 5.75 Å². The van der Waals surface area contributed by atoms with E-state index in [2.05, 4.69) is 4.98 Å². The summed E-state index contributed by atoms with van der Waals surface area (Å²) in [6.45, 7) is 4.14. The van der Waals surface area contributed by atoms with Crippen LogP contribution in [0.3, 0.4) is 0 Å². The minimum atomic E-state index is -0.617. The van der Waals surface area contributed by atoms with E-state index in [-0.39, 0.29) is 6.61 Å². The van der Waals surface area contributed by atoms with Crippen molar-refractivity contribution in [2.24, 2.45) is 11.7 Å². The molecule has 3 aromatic rings. The van der Waals surface area contributed by atoms with E-state index in [4.69, 9.17) is 28.0 Å². The van der Waals surface area contributed by atoms with E-state index >= 15 is 0 Å². The normalized spacial score (nSPS) is 10.5. The lowest BCUT2D eigenvalue weighted by atomic mass is 10.0. The first kappa shape index (κ1) is 20.6. The van der Waals surface area contributed by atoms with Gasteiger partial charge in [0, 0.05) is 11.8 Å². The molecule has 1 heterocycles. The number of hydrazine groups is 2. The first-order chi connectivity index (χ1) is 13.9. The number of benzene rings is 2. The molecule has 0 radical (unpaired) electrons. The Morgan fingerprint density at radius 3 is 2.59 bits per heavy atom. The molecule has 5 N–H and O–H groups in total. The number of hydrogen-bond acceptors (Lipinski definition) is 5. The Morgan fingerprint density at radius 1 is 1.14 bits per heavy atom. The van der Waals surface area contributed by atoms with Crippen LogP contribution in [-0.4, -0.2) is 11.0 Å². The highest BCUT2D eigenvalue weighted by Gasteiger charge is 2.16. The van der Waals surface area contributed by atoms with Gasteiger partial charge in [-0.15, -0.1) is 0 Å². The van der Waals surface area contributed by atoms with Gasteiger partial charge in [-0.25, -0.2) is 26.5 Å². The number of nitrogens with zero attached hydrogens (tertiary/aromatic N) is 2. The van der Waals surface area contributed by atoms with Gasteiger partial charge in [0.05, 0.1) is 5.69 Å². The van der Waals surface area contributed by atoms with Gasteiger partial charge in [0.15, 0.2) is 0 Å². The van der Waals surface area contributed by atoms with Gasteiger partial charge < -0.3 is 4.74 Å². The van der Waals surface area contributed by atoms with Crippen LogP contribution in [0.15, 0.2) is 54.7 Å². The number of nitrogens with two attached hydrogens (primary N) is 2. The quantitative estimate of drug-likeness (QED) is 0.256. The van der Waals surface area contributed by atoms with Crippen molar-refractivity contribution in [1.82, 2.24) is 10.4 Å². The molecule has 29 heavy (non-hydrogen) atoms. The van der Waals surface area contributed by atoms with E-state index in [0.717, 1.165) is 38.6 Å². The minimum Gasteiger partial charge on any atom is -0.489 e. The van der Waals surface area contributed by atoms with Crippen molar-refractivity contribution >= 4 is 23.3 Å². The Morgan fingerprint density at radius 2 is 1.90 bits per heavy atom. The second kappa shape index (κ2) is 8.91. The van der Waals surface area contributed by atoms with Crippen LogP contribution in [0.2, 0.25) is 5.15 Å². The van der Waals surface area contributed by atoms with E-state index in [1.165, 1.54) is 0 Å². The number of rotatable bonds is 5. The number of hydrogen-bond donors (Lipinski definition) is 3. The summed E-state index contributed by atoms with van der Waals surface area (Å²) in [5.41, 5.74) is 7.25. The Labute approximate surface area is 174 Å². The predicted octanol–water partition coefficient (Wildman–Crippen LogP) is 3.86. The molecule has 0 aliphatic carbocycles. The zero-order valence-corrected chi connectivity index (χ0v) is 16.9. The van der Waals surface area contributed by atoms with E-state index in [1.807, 2.05) is 61.7 Å². The highest BCUT2D eigenvalue weighted by Crippen LogP contribution is 2.29. The lowest BCUT2D eigenvalue weighted by molar-refractivity contribution is 0.246. The van der Waals surface area contributed by atoms with Gasteiger partial charge >= 0.3 is 6.03 Å². The van der Waals surface area contributed by atoms with Crippen LogP contribution in [0.25, 0.3) is 11.1 Å². The number of carbonyl (C=O) groups excluding carboxylic acids is 1. The maximum atomic E-state index is 11.8. The van der Waals surface area contributed by atoms with Gasteiger partial charge in [-0.05, 0) is 66.4 Å². The van der Waals surface area contributed by atoms with Crippen LogP contribution in [-0.2, 0) is 6.61 Å². The van der Waals surface area contributed by atoms with Crippen molar-refractivity contribution in [2.75, 3.05) is 5.01 Å². The zero-order chi connectivity index (χ0) is 21.0. The van der Waals surface area contributed by atoms with Crippen molar-refractivity contribution in [3.63, 3.8) is 0 Å². The number of nitrogens with one attached hydrogen (secondary N) is 1. The fraction of sp³-hybridized carbons (Fsp3) is 0.143. The highest BCUT2D eigenvalue weighted by atomic mass is 35.5. The van der Waals surface area contributed by atoms with E-state index in [9.17, 15) is 4.79 Å². The fourth-order valence-corrected chi connectivity index (χ4v) is 3.18. The SMILES string of the molecule is Cc1cc(-c2ccnc(Cl)c2)ccc1OCc1c(C)cccc1N(N)C(=O)NN. The number of amides is 2. The first-order valence-electron chi connectivity index (χ1n) is 8.90. The van der Waals surface area contributed by atoms with E-state index in [1.54, 1.807) is 12.3 Å². The van der Waals surface area contributed by atoms with Crippen molar-refractivity contribution in [3.05, 3.63) is 76.6 Å². The molecule has 0 atom stereocenters. The molecule has 2 amide bonds. The highest BCUT2D eigenvalue weighted by molar-refractivity contribution is 6.29. The summed E-state index contributed by atoms with van der Waals surface area (Å²) in [7, 11) is 0. The molecule has 0 spiro atoms. The molecule has 0 aliphatic heterocycles. The molecule has 8 heteroatoms. The van der Waals surface area contributed by atoms with E-state index in [0.29, 0.717) is 10.8 Å². The third-order valence-corrected chi connectivity index (χ3v) is 4.80. The number of halogens is 1. The molecular formula is C21H22ClN5O2. The van der Waals surface area contributed by atoms with Crippen LogP contribution < -0.4 is 26.9 Å². The fourth-order valence-electron chi connectivity index (χ4n) is 3.00. The maximum absolute atomic E-state index is 11.8. The third kappa shape index (κ3) is 4.65. The monoisotopic (exact) mass is 411 g/mol. The summed E-state index contributed by atoms with van der Waals surface area (Å²) in [5.74, 6) is 11.8. The number of urea groups is 1. The van der Waals surface area contributed by atoms with Crippen LogP contribution in [0.1, 0.15) is 16.7 Å². The number of anilines is 1. The summed E-state index contributed by atoms with van der Waals surface area (Å²) >= 11 is 5.98. The molecule has 0 unspecified atom stereocenters. The molecule has 0 bridgehead atoms. The maximum Gasteiger partial charge on any atom is 0.350 e. The van der Waals surface area contributed by atoms with Crippen molar-refractivity contribution in [3.8, 4) is 16.9 Å². The number of carbonyl (C=O) groups is 1. The number of ether oxygens (including phenoxy) is 1. The van der Waals surface area contributed by atoms with Crippen molar-refractivity contribution in [2.45, 2.75) is 20.5 Å². The Kier molecular flexibility index (Phi) is 6.33. The van der Waals surface area contributed by atoms with Gasteiger partial charge in [-0.3, -0.25) is 5.43 Å². The molecule has 150 valence electrons. The van der Waals surface area contributed by atoms with Gasteiger partial charge in [0.2, 0.25) is 0 Å².